The van der Waals surface area contributed by atoms with E-state index in [1.165, 1.54) is 51.5 Å². The Bertz CT molecular complexity index is 4770. The molecule has 43 heteroatoms. The third-order valence-corrected chi connectivity index (χ3v) is 19.5. The molecular weight excluding hydrogens is 1660 g/mol. The quantitative estimate of drug-likeness (QED) is 0.0148. The number of halogens is 1. The zero-order valence-electron chi connectivity index (χ0n) is 71.7. The highest BCUT2D eigenvalue weighted by Crippen LogP contribution is 2.41. The van der Waals surface area contributed by atoms with Crippen LogP contribution in [0.1, 0.15) is 123 Å². The van der Waals surface area contributed by atoms with Gasteiger partial charge in [0.15, 0.2) is 23.6 Å². The summed E-state index contributed by atoms with van der Waals surface area (Å²) in [5.41, 5.74) is 22.9. The smallest absolute Gasteiger partial charge is 0.291 e. The van der Waals surface area contributed by atoms with Gasteiger partial charge in [0.25, 0.3) is 29.5 Å². The van der Waals surface area contributed by atoms with Gasteiger partial charge in [-0.15, -0.1) is 0 Å². The van der Waals surface area contributed by atoms with E-state index in [0.29, 0.717) is 141 Å². The number of carbonyl (C=O) groups excluding carboxylic acids is 10. The molecule has 10 amide bonds. The Balaban J connectivity index is 0.584. The molecule has 0 saturated heterocycles. The first-order valence-corrected chi connectivity index (χ1v) is 41.6. The standard InChI is InChI=1S/C83H117ClN24O18/c1-53-45-65(96-59-18-16-58(84)17-19-59)62-46-57(15-20-66(62)108(53)54(2)109)55-11-13-56(14-12-55)75(112)92-27-29-119-31-33-121-35-37-123-39-41-125-43-44-126-42-40-124-38-36-122-34-32-120-30-28-93-79(116)68-48-61(50-105(68)4)98-81(118)74-103-70(52-107(74)6)101-72(111)22-26-91-78(115)67-47-60(49-104(67)3)97-80(117)73-102-69(51-106(73)5)100-71(110)21-25-90-77(114)64(10-8-24-95-83(88)89)99-76(113)63(85)9-7-23-94-82(86)87/h11-20,46-53,63-65,96H,7-10,21-45,85H2,1-6H3,(H,90,114)(H,91,115)(H,92,112)(H,93,116)(H,97,117)(H,98,118)(H,99,113)(H,100,110)(H,101,111)(H4,86,87,94)(H4,88,89,95)/t53-,63-,64-,65+/m0/s1. The Labute approximate surface area is 734 Å². The van der Waals surface area contributed by atoms with E-state index < -0.39 is 59.3 Å². The van der Waals surface area contributed by atoms with Gasteiger partial charge in [-0.25, -0.2) is 9.97 Å². The number of fused-ring (bicyclic) bond motifs is 1. The molecule has 8 rings (SSSR count). The van der Waals surface area contributed by atoms with Crippen LogP contribution in [-0.2, 0) is 90.1 Å². The molecule has 126 heavy (non-hydrogen) atoms. The summed E-state index contributed by atoms with van der Waals surface area (Å²) in [6, 6.07) is 22.1. The first-order valence-electron chi connectivity index (χ1n) is 41.2. The molecular formula is C83H117ClN24O18. The molecule has 3 aromatic carbocycles. The fourth-order valence-corrected chi connectivity index (χ4v) is 13.2. The molecule has 0 saturated carbocycles. The third-order valence-electron chi connectivity index (χ3n) is 19.3. The summed E-state index contributed by atoms with van der Waals surface area (Å²) in [5.74, 6) is -5.21. The number of ether oxygens (including phenoxy) is 8. The van der Waals surface area contributed by atoms with Crippen LogP contribution in [0.5, 0.6) is 0 Å². The third kappa shape index (κ3) is 33.6. The molecule has 0 fully saturated rings. The number of benzene rings is 3. The van der Waals surface area contributed by atoms with Crippen LogP contribution in [0.4, 0.5) is 34.4 Å². The molecule has 0 spiro atoms. The van der Waals surface area contributed by atoms with Gasteiger partial charge in [0.1, 0.15) is 17.4 Å². The molecule has 4 aromatic heterocycles. The summed E-state index contributed by atoms with van der Waals surface area (Å²) in [5, 5.41) is 48.4. The molecule has 42 nitrogen and oxygen atoms in total. The second-order valence-corrected chi connectivity index (χ2v) is 29.6. The predicted molar refractivity (Wildman–Crippen MR) is 471 cm³/mol. The van der Waals surface area contributed by atoms with Crippen LogP contribution in [0.2, 0.25) is 5.02 Å². The molecule has 5 heterocycles. The minimum atomic E-state index is -1.03. The van der Waals surface area contributed by atoms with E-state index in [-0.39, 0.29) is 135 Å². The number of nitrogens with one attached hydrogen (secondary N) is 14. The van der Waals surface area contributed by atoms with Crippen LogP contribution in [0, 0.1) is 10.8 Å². The lowest BCUT2D eigenvalue weighted by molar-refractivity contribution is -0.130. The molecule has 0 bridgehead atoms. The number of aryl methyl sites for hydroxylation is 4. The number of nitrogens with zero attached hydrogens (tertiary/aromatic N) is 7. The molecule has 4 atom stereocenters. The lowest BCUT2D eigenvalue weighted by Crippen LogP contribution is -2.52. The number of amides is 10. The van der Waals surface area contributed by atoms with Crippen LogP contribution in [0.15, 0.2) is 104 Å². The second-order valence-electron chi connectivity index (χ2n) is 29.2. The molecule has 0 unspecified atom stereocenters. The van der Waals surface area contributed by atoms with Crippen LogP contribution in [-0.4, -0.2) is 262 Å². The highest BCUT2D eigenvalue weighted by atomic mass is 35.5. The first kappa shape index (κ1) is 99.0. The lowest BCUT2D eigenvalue weighted by atomic mass is 9.88. The van der Waals surface area contributed by atoms with Crippen molar-refractivity contribution in [3.8, 4) is 11.1 Å². The van der Waals surface area contributed by atoms with E-state index >= 15 is 0 Å². The summed E-state index contributed by atoms with van der Waals surface area (Å²) >= 11 is 6.14. The maximum absolute atomic E-state index is 13.4. The fourth-order valence-electron chi connectivity index (χ4n) is 13.1. The molecule has 20 N–H and O–H groups in total. The van der Waals surface area contributed by atoms with E-state index in [9.17, 15) is 47.9 Å². The average molecular weight is 1770 g/mol. The number of guanidine groups is 2. The zero-order chi connectivity index (χ0) is 90.9. The van der Waals surface area contributed by atoms with Gasteiger partial charge in [0, 0.05) is 140 Å². The summed E-state index contributed by atoms with van der Waals surface area (Å²) in [4.78, 5) is 141. The largest absolute Gasteiger partial charge is 0.378 e. The SMILES string of the molecule is CC(=O)N1c2ccc(-c3ccc(C(=O)NCCOCCOCCOCCOCCOCCOCCOCCOCCNC(=O)c4cc(NC(=O)c5nc(NC(=O)CCNC(=O)c6cc(NC(=O)c7nc(NC(=O)CCNC(=O)[C@H](CCCNC(=N)N)NC(=O)[C@@H](N)CCCNC(=N)N)cn7C)cn6C)cn5C)cn4C)cc3)cc2[C@H](Nc2ccc(Cl)cc2)C[C@@H]1C. The van der Waals surface area contributed by atoms with Gasteiger partial charge >= 0.3 is 0 Å². The molecule has 0 aliphatic carbocycles. The van der Waals surface area contributed by atoms with Crippen molar-refractivity contribution in [1.29, 1.82) is 10.8 Å². The minimum absolute atomic E-state index is 0.00604. The minimum Gasteiger partial charge on any atom is -0.378 e. The molecule has 1 aliphatic rings. The van der Waals surface area contributed by atoms with Crippen molar-refractivity contribution in [2.75, 3.05) is 176 Å². The normalized spacial score (nSPS) is 13.3. The number of carbonyl (C=O) groups is 10. The monoisotopic (exact) mass is 1770 g/mol. The van der Waals surface area contributed by atoms with Crippen molar-refractivity contribution in [3.05, 3.63) is 143 Å². The summed E-state index contributed by atoms with van der Waals surface area (Å²) in [6.07, 6.45) is 7.42. The van der Waals surface area contributed by atoms with Crippen molar-refractivity contribution < 1.29 is 85.8 Å². The number of hydrogen-bond donors (Lipinski definition) is 17. The van der Waals surface area contributed by atoms with E-state index in [0.717, 1.165) is 34.5 Å². The Morgan fingerprint density at radius 2 is 0.897 bits per heavy atom. The summed E-state index contributed by atoms with van der Waals surface area (Å²) in [6.45, 7) is 10.4. The topological polar surface area (TPSA) is 563 Å². The van der Waals surface area contributed by atoms with E-state index in [1.807, 2.05) is 53.4 Å². The maximum Gasteiger partial charge on any atom is 0.291 e. The van der Waals surface area contributed by atoms with Crippen molar-refractivity contribution in [2.24, 2.45) is 45.4 Å². The molecule has 0 radical (unpaired) electrons. The number of hydrogen-bond acceptors (Lipinski definition) is 24. The van der Waals surface area contributed by atoms with Gasteiger partial charge in [-0.05, 0) is 116 Å². The van der Waals surface area contributed by atoms with Gasteiger partial charge in [-0.1, -0.05) is 29.8 Å². The number of nitrogens with two attached hydrogens (primary N) is 3. The maximum atomic E-state index is 13.4. The van der Waals surface area contributed by atoms with Gasteiger partial charge in [-0.2, -0.15) is 0 Å². The van der Waals surface area contributed by atoms with Crippen LogP contribution < -0.4 is 85.9 Å². The van der Waals surface area contributed by atoms with Gasteiger partial charge < -0.3 is 142 Å². The molecule has 7 aromatic rings. The van der Waals surface area contributed by atoms with Gasteiger partial charge in [0.2, 0.25) is 41.2 Å². The van der Waals surface area contributed by atoms with E-state index in [2.05, 4.69) is 86.8 Å². The highest BCUT2D eigenvalue weighted by Gasteiger charge is 2.34. The van der Waals surface area contributed by atoms with Gasteiger partial charge in [-0.3, -0.25) is 58.8 Å². The lowest BCUT2D eigenvalue weighted by Gasteiger charge is -2.39. The fraction of sp³-hybridized carbons (Fsp3) is 0.470. The summed E-state index contributed by atoms with van der Waals surface area (Å²) < 4.78 is 50.5. The number of imidazole rings is 2. The van der Waals surface area contributed by atoms with E-state index in [1.54, 1.807) is 51.0 Å². The Hall–Kier alpha value is -12.4. The molecule has 684 valence electrons. The summed E-state index contributed by atoms with van der Waals surface area (Å²) in [7, 11) is 6.32. The van der Waals surface area contributed by atoms with Crippen LogP contribution in [0.25, 0.3) is 11.1 Å². The van der Waals surface area contributed by atoms with Gasteiger partial charge in [0.05, 0.1) is 129 Å². The number of anilines is 6. The van der Waals surface area contributed by atoms with Crippen molar-refractivity contribution >= 4 is 117 Å². The predicted octanol–water partition coefficient (Wildman–Crippen LogP) is 2.79. The Morgan fingerprint density at radius 1 is 0.468 bits per heavy atom. The number of aromatic nitrogens is 6. The first-order chi connectivity index (χ1) is 60.6. The average Bonchev–Trinajstić information content (AvgIpc) is 1.48. The Morgan fingerprint density at radius 3 is 1.36 bits per heavy atom. The number of rotatable bonds is 56. The second kappa shape index (κ2) is 52.4. The van der Waals surface area contributed by atoms with Crippen LogP contribution in [0.3, 0.4) is 0 Å². The van der Waals surface area contributed by atoms with Crippen molar-refractivity contribution in [3.63, 3.8) is 0 Å². The zero-order valence-corrected chi connectivity index (χ0v) is 72.5. The van der Waals surface area contributed by atoms with E-state index in [4.69, 9.17) is 77.5 Å². The van der Waals surface area contributed by atoms with Crippen LogP contribution >= 0.6 is 11.6 Å². The Kier molecular flexibility index (Phi) is 41.2. The highest BCUT2D eigenvalue weighted by molar-refractivity contribution is 6.30. The van der Waals surface area contributed by atoms with Crippen molar-refractivity contribution in [1.82, 2.24) is 65.5 Å². The molecule has 1 aliphatic heterocycles. The van der Waals surface area contributed by atoms with Crippen molar-refractivity contribution in [2.45, 2.75) is 83.0 Å².